The highest BCUT2D eigenvalue weighted by Crippen LogP contribution is 2.36. The Kier molecular flexibility index (Phi) is 6.51. The Morgan fingerprint density at radius 1 is 1.00 bits per heavy atom. The topological polar surface area (TPSA) is 81.5 Å². The first kappa shape index (κ1) is 24.0. The number of aromatic nitrogens is 3. The molecular weight excluding hydrogens is 463 g/mol. The monoisotopic (exact) mass is 492 g/mol. The van der Waals surface area contributed by atoms with Crippen molar-refractivity contribution >= 4 is 10.9 Å². The van der Waals surface area contributed by atoms with E-state index in [1.165, 1.54) is 16.7 Å². The summed E-state index contributed by atoms with van der Waals surface area (Å²) in [7, 11) is 1.67. The lowest BCUT2D eigenvalue weighted by atomic mass is 10.0. The van der Waals surface area contributed by atoms with Crippen LogP contribution in [0.25, 0.3) is 22.0 Å². The van der Waals surface area contributed by atoms with Crippen LogP contribution in [0.4, 0.5) is 4.39 Å². The van der Waals surface area contributed by atoms with E-state index in [2.05, 4.69) is 9.88 Å². The van der Waals surface area contributed by atoms with Crippen molar-refractivity contribution in [2.45, 2.75) is 20.4 Å². The van der Waals surface area contributed by atoms with Gasteiger partial charge in [0.05, 0.1) is 13.2 Å². The number of morpholine rings is 1. The predicted molar refractivity (Wildman–Crippen MR) is 136 cm³/mol. The minimum absolute atomic E-state index is 0.137. The molecule has 9 heteroatoms. The molecule has 0 unspecified atom stereocenters. The maximum atomic E-state index is 14.0. The van der Waals surface area contributed by atoms with Crippen LogP contribution in [0.15, 0.2) is 52.4 Å². The molecule has 0 radical (unpaired) electrons. The number of fused-ring (bicyclic) bond motifs is 1. The molecule has 1 N–H and O–H groups in total. The number of halogens is 1. The lowest BCUT2D eigenvalue weighted by Crippen LogP contribution is -2.39. The second-order valence-corrected chi connectivity index (χ2v) is 9.21. The average molecular weight is 493 g/mol. The van der Waals surface area contributed by atoms with Crippen molar-refractivity contribution in [2.75, 3.05) is 32.8 Å². The van der Waals surface area contributed by atoms with Crippen LogP contribution in [0.5, 0.6) is 11.5 Å². The van der Waals surface area contributed by atoms with E-state index in [1.807, 2.05) is 12.1 Å². The van der Waals surface area contributed by atoms with Gasteiger partial charge in [0.15, 0.2) is 5.75 Å². The molecule has 1 fully saturated rings. The Hall–Kier alpha value is -3.69. The first-order valence-electron chi connectivity index (χ1n) is 12.0. The molecule has 188 valence electrons. The molecule has 5 rings (SSSR count). The number of ether oxygens (including phenoxy) is 2. The number of nitrogens with zero attached hydrogens (tertiary/aromatic N) is 3. The van der Waals surface area contributed by atoms with Gasteiger partial charge in [0.2, 0.25) is 0 Å². The maximum absolute atomic E-state index is 14.0. The zero-order valence-electron chi connectivity index (χ0n) is 20.6. The van der Waals surface area contributed by atoms with Gasteiger partial charge in [-0.1, -0.05) is 0 Å². The van der Waals surface area contributed by atoms with Gasteiger partial charge in [-0.2, -0.15) is 0 Å². The summed E-state index contributed by atoms with van der Waals surface area (Å²) in [5.74, 6) is 0.217. The van der Waals surface area contributed by atoms with Gasteiger partial charge >= 0.3 is 0 Å². The molecule has 1 aromatic carbocycles. The molecule has 8 nitrogen and oxygen atoms in total. The van der Waals surface area contributed by atoms with E-state index in [9.17, 15) is 14.0 Å². The number of aromatic amines is 1. The molecule has 1 aliphatic rings. The molecule has 4 aromatic rings. The van der Waals surface area contributed by atoms with Crippen LogP contribution in [-0.2, 0) is 18.3 Å². The lowest BCUT2D eigenvalue weighted by Gasteiger charge is -2.26. The molecule has 0 spiro atoms. The molecule has 0 amide bonds. The van der Waals surface area contributed by atoms with Gasteiger partial charge in [0.25, 0.3) is 11.1 Å². The SMILES string of the molecule is Cc1cc(F)cc(C)c1Oc1c(-c2cn(C)c(=O)c3[nH]ccc23)ccn(CCN2CCOCC2)c1=O. The van der Waals surface area contributed by atoms with Crippen LogP contribution >= 0.6 is 0 Å². The highest BCUT2D eigenvalue weighted by molar-refractivity contribution is 5.95. The van der Waals surface area contributed by atoms with Crippen LogP contribution in [0.3, 0.4) is 0 Å². The maximum Gasteiger partial charge on any atom is 0.294 e. The lowest BCUT2D eigenvalue weighted by molar-refractivity contribution is 0.0362. The molecule has 0 saturated carbocycles. The summed E-state index contributed by atoms with van der Waals surface area (Å²) in [6.45, 7) is 7.72. The Labute approximate surface area is 207 Å². The number of nitrogens with one attached hydrogen (secondary N) is 1. The summed E-state index contributed by atoms with van der Waals surface area (Å²) in [5.41, 5.74) is 2.44. The smallest absolute Gasteiger partial charge is 0.294 e. The Bertz CT molecular complexity index is 1520. The van der Waals surface area contributed by atoms with E-state index in [1.54, 1.807) is 44.1 Å². The summed E-state index contributed by atoms with van der Waals surface area (Å²) in [6.07, 6.45) is 5.18. The van der Waals surface area contributed by atoms with E-state index >= 15 is 0 Å². The third-order valence-electron chi connectivity index (χ3n) is 6.70. The van der Waals surface area contributed by atoms with Crippen LogP contribution < -0.4 is 15.9 Å². The summed E-state index contributed by atoms with van der Waals surface area (Å²) >= 11 is 0. The molecule has 36 heavy (non-hydrogen) atoms. The van der Waals surface area contributed by atoms with Gasteiger partial charge < -0.3 is 23.6 Å². The van der Waals surface area contributed by atoms with Crippen molar-refractivity contribution in [1.82, 2.24) is 19.0 Å². The second-order valence-electron chi connectivity index (χ2n) is 9.21. The fourth-order valence-corrected chi connectivity index (χ4v) is 4.76. The Morgan fingerprint density at radius 3 is 2.44 bits per heavy atom. The number of aryl methyl sites for hydroxylation is 3. The van der Waals surface area contributed by atoms with Crippen molar-refractivity contribution in [3.63, 3.8) is 0 Å². The number of hydrogen-bond donors (Lipinski definition) is 1. The van der Waals surface area contributed by atoms with Gasteiger partial charge in [0.1, 0.15) is 17.1 Å². The van der Waals surface area contributed by atoms with Crippen molar-refractivity contribution < 1.29 is 13.9 Å². The van der Waals surface area contributed by atoms with Gasteiger partial charge in [-0.05, 0) is 49.2 Å². The van der Waals surface area contributed by atoms with E-state index in [4.69, 9.17) is 9.47 Å². The molecule has 4 heterocycles. The number of rotatable bonds is 6. The van der Waals surface area contributed by atoms with E-state index in [0.29, 0.717) is 65.2 Å². The van der Waals surface area contributed by atoms with Gasteiger partial charge in [-0.15, -0.1) is 0 Å². The zero-order chi connectivity index (χ0) is 25.4. The molecule has 0 atom stereocenters. The van der Waals surface area contributed by atoms with Gasteiger partial charge in [0, 0.05) is 68.3 Å². The van der Waals surface area contributed by atoms with Crippen LogP contribution in [0.2, 0.25) is 0 Å². The van der Waals surface area contributed by atoms with Crippen LogP contribution in [0.1, 0.15) is 11.1 Å². The highest BCUT2D eigenvalue weighted by Gasteiger charge is 2.21. The Morgan fingerprint density at radius 2 is 1.72 bits per heavy atom. The highest BCUT2D eigenvalue weighted by atomic mass is 19.1. The van der Waals surface area contributed by atoms with E-state index in [0.717, 1.165) is 13.1 Å². The van der Waals surface area contributed by atoms with Crippen molar-refractivity contribution in [1.29, 1.82) is 0 Å². The number of benzene rings is 1. The fourth-order valence-electron chi connectivity index (χ4n) is 4.76. The predicted octanol–water partition coefficient (Wildman–Crippen LogP) is 3.58. The quantitative estimate of drug-likeness (QED) is 0.445. The summed E-state index contributed by atoms with van der Waals surface area (Å²) in [4.78, 5) is 31.7. The second kappa shape index (κ2) is 9.75. The molecule has 1 saturated heterocycles. The first-order chi connectivity index (χ1) is 17.3. The zero-order valence-corrected chi connectivity index (χ0v) is 20.6. The van der Waals surface area contributed by atoms with Crippen LogP contribution in [-0.4, -0.2) is 51.9 Å². The van der Waals surface area contributed by atoms with E-state index < -0.39 is 0 Å². The summed E-state index contributed by atoms with van der Waals surface area (Å²) in [6, 6.07) is 6.43. The molecular formula is C27H29FN4O4. The number of H-pyrrole nitrogens is 1. The molecule has 0 bridgehead atoms. The average Bonchev–Trinajstić information content (AvgIpc) is 3.35. The molecule has 1 aliphatic heterocycles. The number of pyridine rings is 2. The minimum atomic E-state index is -0.361. The summed E-state index contributed by atoms with van der Waals surface area (Å²) in [5, 5.41) is 0.695. The first-order valence-corrected chi connectivity index (χ1v) is 12.0. The third kappa shape index (κ3) is 4.47. The Balaban J connectivity index is 1.64. The largest absolute Gasteiger partial charge is 0.450 e. The molecule has 0 aliphatic carbocycles. The van der Waals surface area contributed by atoms with Crippen molar-refractivity contribution in [3.05, 3.63) is 80.5 Å². The van der Waals surface area contributed by atoms with E-state index in [-0.39, 0.29) is 22.7 Å². The normalized spacial score (nSPS) is 14.4. The van der Waals surface area contributed by atoms with Crippen molar-refractivity contribution in [2.24, 2.45) is 7.05 Å². The van der Waals surface area contributed by atoms with Gasteiger partial charge in [-0.3, -0.25) is 14.5 Å². The molecule has 3 aromatic heterocycles. The van der Waals surface area contributed by atoms with Gasteiger partial charge in [-0.25, -0.2) is 4.39 Å². The third-order valence-corrected chi connectivity index (χ3v) is 6.70. The fraction of sp³-hybridized carbons (Fsp3) is 0.333. The summed E-state index contributed by atoms with van der Waals surface area (Å²) < 4.78 is 28.8. The number of hydrogen-bond acceptors (Lipinski definition) is 5. The standard InChI is InChI=1S/C27H29FN4O4/c1-17-14-19(28)15-18(2)24(17)36-25-21(22-16-30(3)26(33)23-20(22)4-6-29-23)5-7-32(27(25)34)9-8-31-10-12-35-13-11-31/h4-7,14-16,29H,8-13H2,1-3H3. The van der Waals surface area contributed by atoms with Crippen LogP contribution in [0, 0.1) is 19.7 Å². The minimum Gasteiger partial charge on any atom is -0.450 e. The van der Waals surface area contributed by atoms with Crippen molar-refractivity contribution in [3.8, 4) is 22.6 Å².